The normalized spacial score (nSPS) is 41.2. The van der Waals surface area contributed by atoms with E-state index >= 15 is 0 Å². The number of aliphatic hydroxyl groups is 1. The van der Waals surface area contributed by atoms with Crippen LogP contribution in [0.2, 0.25) is 0 Å². The van der Waals surface area contributed by atoms with Crippen LogP contribution in [0.25, 0.3) is 0 Å². The van der Waals surface area contributed by atoms with Crippen LogP contribution in [0.1, 0.15) is 77.0 Å². The Hall–Kier alpha value is -2.63. The summed E-state index contributed by atoms with van der Waals surface area (Å²) in [5.41, 5.74) is 0.552. The molecule has 6 nitrogen and oxygen atoms in total. The number of aliphatic hydroxyl groups excluding tert-OH is 1. The Bertz CT molecular complexity index is 1080. The molecule has 37 heavy (non-hydrogen) atoms. The molecule has 0 aromatic rings. The number of piperidine rings is 1. The van der Waals surface area contributed by atoms with E-state index in [9.17, 15) is 19.5 Å². The van der Waals surface area contributed by atoms with Gasteiger partial charge in [-0.2, -0.15) is 0 Å². The topological polar surface area (TPSA) is 95.5 Å². The molecule has 0 radical (unpaired) electrons. The fourth-order valence-electron chi connectivity index (χ4n) is 8.67. The first kappa shape index (κ1) is 24.7. The average molecular weight is 505 g/mol. The molecular weight excluding hydrogens is 464 g/mol. The molecule has 5 fully saturated rings. The summed E-state index contributed by atoms with van der Waals surface area (Å²) >= 11 is 0. The smallest absolute Gasteiger partial charge is 0.255 e. The molecule has 0 aromatic carbocycles. The summed E-state index contributed by atoms with van der Waals surface area (Å²) in [6, 6.07) is 0.0413. The lowest BCUT2D eigenvalue weighted by Crippen LogP contribution is -2.58. The third kappa shape index (κ3) is 4.51. The van der Waals surface area contributed by atoms with Crippen molar-refractivity contribution in [3.05, 3.63) is 47.3 Å². The van der Waals surface area contributed by atoms with Crippen LogP contribution in [0, 0.1) is 35.5 Å². The molecule has 8 atom stereocenters. The molecule has 0 spiro atoms. The fourth-order valence-corrected chi connectivity index (χ4v) is 8.67. The summed E-state index contributed by atoms with van der Waals surface area (Å²) in [6.07, 6.45) is 22.0. The number of nitrogens with one attached hydrogen (secondary N) is 2. The van der Waals surface area contributed by atoms with E-state index in [-0.39, 0.29) is 52.8 Å². The molecule has 2 heterocycles. The summed E-state index contributed by atoms with van der Waals surface area (Å²) in [4.78, 5) is 38.9. The minimum absolute atomic E-state index is 0.00134. The quantitative estimate of drug-likeness (QED) is 0.291. The summed E-state index contributed by atoms with van der Waals surface area (Å²) in [7, 11) is 0. The molecule has 8 unspecified atom stereocenters. The van der Waals surface area contributed by atoms with Crippen molar-refractivity contribution < 1.29 is 19.5 Å². The summed E-state index contributed by atoms with van der Waals surface area (Å²) in [6.45, 7) is 0. The van der Waals surface area contributed by atoms with E-state index in [0.717, 1.165) is 38.5 Å². The number of hydrogen-bond acceptors (Lipinski definition) is 4. The van der Waals surface area contributed by atoms with Gasteiger partial charge in [0.2, 0.25) is 0 Å². The lowest BCUT2D eigenvalue weighted by atomic mass is 9.62. The maximum absolute atomic E-state index is 13.2. The van der Waals surface area contributed by atoms with E-state index in [1.54, 1.807) is 30.4 Å². The predicted molar refractivity (Wildman–Crippen MR) is 141 cm³/mol. The van der Waals surface area contributed by atoms with Gasteiger partial charge in [0, 0.05) is 23.9 Å². The highest BCUT2D eigenvalue weighted by Gasteiger charge is 2.48. The van der Waals surface area contributed by atoms with E-state index in [1.807, 2.05) is 0 Å². The first-order chi connectivity index (χ1) is 18.0. The zero-order valence-electron chi connectivity index (χ0n) is 21.7. The van der Waals surface area contributed by atoms with Gasteiger partial charge in [-0.25, -0.2) is 0 Å². The summed E-state index contributed by atoms with van der Waals surface area (Å²) in [5, 5.41) is 17.4. The van der Waals surface area contributed by atoms with Gasteiger partial charge in [0.05, 0.1) is 11.1 Å². The number of allylic oxidation sites excluding steroid dienone is 4. The van der Waals surface area contributed by atoms with Crippen LogP contribution in [0.15, 0.2) is 47.3 Å². The van der Waals surface area contributed by atoms with E-state index in [4.69, 9.17) is 0 Å². The van der Waals surface area contributed by atoms with Crippen LogP contribution in [-0.2, 0) is 14.4 Å². The maximum Gasteiger partial charge on any atom is 0.255 e. The van der Waals surface area contributed by atoms with Crippen LogP contribution in [0.3, 0.4) is 0 Å². The molecule has 6 rings (SSSR count). The number of hydrogen-bond donors (Lipinski definition) is 3. The maximum atomic E-state index is 13.2. The van der Waals surface area contributed by atoms with Crippen molar-refractivity contribution >= 4 is 17.6 Å². The van der Waals surface area contributed by atoms with Crippen molar-refractivity contribution in [2.24, 2.45) is 35.5 Å². The highest BCUT2D eigenvalue weighted by molar-refractivity contribution is 6.22. The molecule has 6 heteroatoms. The van der Waals surface area contributed by atoms with Crippen molar-refractivity contribution in [2.45, 2.75) is 89.1 Å². The van der Waals surface area contributed by atoms with Gasteiger partial charge in [-0.3, -0.25) is 14.4 Å². The first-order valence-electron chi connectivity index (χ1n) is 14.7. The van der Waals surface area contributed by atoms with Crippen molar-refractivity contribution in [1.82, 2.24) is 10.6 Å². The summed E-state index contributed by atoms with van der Waals surface area (Å²) < 4.78 is 0. The highest BCUT2D eigenvalue weighted by atomic mass is 16.3. The lowest BCUT2D eigenvalue weighted by molar-refractivity contribution is -0.133. The first-order valence-corrected chi connectivity index (χ1v) is 14.7. The lowest BCUT2D eigenvalue weighted by Gasteiger charge is -2.47. The molecule has 4 saturated carbocycles. The molecule has 198 valence electrons. The molecule has 0 aromatic heterocycles. The van der Waals surface area contributed by atoms with Crippen LogP contribution >= 0.6 is 0 Å². The van der Waals surface area contributed by atoms with Gasteiger partial charge in [-0.1, -0.05) is 56.8 Å². The molecule has 2 amide bonds. The van der Waals surface area contributed by atoms with Crippen molar-refractivity contribution in [3.63, 3.8) is 0 Å². The number of ketones is 1. The van der Waals surface area contributed by atoms with Gasteiger partial charge in [0.25, 0.3) is 11.8 Å². The second kappa shape index (κ2) is 10.3. The Balaban J connectivity index is 1.12. The third-order valence-electron chi connectivity index (χ3n) is 10.5. The number of amides is 2. The molecule has 6 aliphatic rings. The van der Waals surface area contributed by atoms with Gasteiger partial charge in [-0.05, 0) is 74.3 Å². The summed E-state index contributed by atoms with van der Waals surface area (Å²) in [5.74, 6) is 1.85. The third-order valence-corrected chi connectivity index (χ3v) is 10.5. The molecule has 4 aliphatic carbocycles. The molecule has 1 saturated heterocycles. The van der Waals surface area contributed by atoms with Gasteiger partial charge in [-0.15, -0.1) is 0 Å². The molecule has 0 bridgehead atoms. The largest absolute Gasteiger partial charge is 0.511 e. The second-order valence-electron chi connectivity index (χ2n) is 12.3. The van der Waals surface area contributed by atoms with Crippen LogP contribution in [0.5, 0.6) is 0 Å². The molecule has 2 aliphatic heterocycles. The van der Waals surface area contributed by atoms with E-state index in [2.05, 4.69) is 10.6 Å². The van der Waals surface area contributed by atoms with Gasteiger partial charge in [0.15, 0.2) is 5.78 Å². The monoisotopic (exact) mass is 504 g/mol. The number of fused-ring (bicyclic) bond motifs is 6. The van der Waals surface area contributed by atoms with Gasteiger partial charge >= 0.3 is 0 Å². The SMILES string of the molecule is O=C1NC2C(CCC3CCCCC32)C(=O)C1=CC=CC=CC1=C(O)C2CCC3CCCCC3C2NC1=O. The number of carbonyl (C=O) groups excluding carboxylic acids is 3. The number of Topliss-reactive ketones (excluding diaryl/α,β-unsaturated/α-hetero) is 1. The number of carbonyl (C=O) groups is 3. The Morgan fingerprint density at radius 3 is 1.95 bits per heavy atom. The Morgan fingerprint density at radius 1 is 0.649 bits per heavy atom. The van der Waals surface area contributed by atoms with E-state index in [0.29, 0.717) is 29.2 Å². The van der Waals surface area contributed by atoms with Gasteiger partial charge in [0.1, 0.15) is 5.76 Å². The number of rotatable bonds is 3. The van der Waals surface area contributed by atoms with Crippen LogP contribution in [0.4, 0.5) is 0 Å². The minimum atomic E-state index is -0.262. The van der Waals surface area contributed by atoms with E-state index < -0.39 is 0 Å². The van der Waals surface area contributed by atoms with Gasteiger partial charge < -0.3 is 15.7 Å². The zero-order chi connectivity index (χ0) is 25.5. The minimum Gasteiger partial charge on any atom is -0.511 e. The van der Waals surface area contributed by atoms with Crippen molar-refractivity contribution in [3.8, 4) is 0 Å². The van der Waals surface area contributed by atoms with Crippen molar-refractivity contribution in [1.29, 1.82) is 0 Å². The van der Waals surface area contributed by atoms with Crippen LogP contribution < -0.4 is 10.6 Å². The van der Waals surface area contributed by atoms with Crippen LogP contribution in [-0.4, -0.2) is 34.8 Å². The molecular formula is C31H40N2O4. The second-order valence-corrected chi connectivity index (χ2v) is 12.3. The standard InChI is InChI=1S/C31H40N2O4/c34-28-22-16-14-18-8-4-6-10-20(18)26(22)32-30(36)24(28)12-2-1-3-13-25-29(35)23-17-15-19-9-5-7-11-21(19)27(23)33-31(25)37/h1-3,12-13,18-23,26-27,34H,4-11,14-17H2,(H,32,36)(H,33,37). The highest BCUT2D eigenvalue weighted by Crippen LogP contribution is 2.47. The zero-order valence-corrected chi connectivity index (χ0v) is 21.7. The predicted octanol–water partition coefficient (Wildman–Crippen LogP) is 4.84. The fraction of sp³-hybridized carbons (Fsp3) is 0.645. The van der Waals surface area contributed by atoms with E-state index in [1.165, 1.54) is 38.5 Å². The Morgan fingerprint density at radius 2 is 1.24 bits per heavy atom. The van der Waals surface area contributed by atoms with Crippen molar-refractivity contribution in [2.75, 3.05) is 0 Å². The average Bonchev–Trinajstić information content (AvgIpc) is 2.91. The molecule has 3 N–H and O–H groups in total. The Kier molecular flexibility index (Phi) is 6.85. The Labute approximate surface area is 219 Å².